The molecule has 0 aliphatic heterocycles. The zero-order valence-corrected chi connectivity index (χ0v) is 12.6. The Hall–Kier alpha value is -2.42. The minimum absolute atomic E-state index is 0.424. The van der Waals surface area contributed by atoms with Gasteiger partial charge >= 0.3 is 0 Å². The maximum Gasteiger partial charge on any atom is 0.0645 e. The third kappa shape index (κ3) is 2.87. The number of aryl methyl sites for hydroxylation is 1. The predicted molar refractivity (Wildman–Crippen MR) is 85.6 cm³/mol. The Bertz CT molecular complexity index is 742. The van der Waals surface area contributed by atoms with E-state index in [-0.39, 0.29) is 0 Å². The first-order valence-corrected chi connectivity index (χ1v) is 7.22. The Morgan fingerprint density at radius 2 is 1.76 bits per heavy atom. The van der Waals surface area contributed by atoms with Gasteiger partial charge in [-0.25, -0.2) is 4.68 Å². The molecule has 0 aliphatic rings. The summed E-state index contributed by atoms with van der Waals surface area (Å²) in [5.41, 5.74) is 5.53. The zero-order chi connectivity index (χ0) is 14.8. The molecule has 0 bridgehead atoms. The molecule has 3 nitrogen and oxygen atoms in total. The lowest BCUT2D eigenvalue weighted by Gasteiger charge is -2.08. The van der Waals surface area contributed by atoms with Gasteiger partial charge in [-0.2, -0.15) is 5.10 Å². The van der Waals surface area contributed by atoms with Crippen LogP contribution >= 0.6 is 0 Å². The summed E-state index contributed by atoms with van der Waals surface area (Å²) in [6.45, 7) is 6.37. The maximum atomic E-state index is 4.60. The summed E-state index contributed by atoms with van der Waals surface area (Å²) < 4.78 is 1.90. The van der Waals surface area contributed by atoms with E-state index >= 15 is 0 Å². The molecule has 0 atom stereocenters. The van der Waals surface area contributed by atoms with Crippen molar-refractivity contribution in [2.24, 2.45) is 0 Å². The fraction of sp³-hybridized carbons (Fsp3) is 0.222. The highest BCUT2D eigenvalue weighted by Gasteiger charge is 2.08. The van der Waals surface area contributed by atoms with Crippen molar-refractivity contribution in [1.29, 1.82) is 0 Å². The average molecular weight is 277 g/mol. The number of benzene rings is 1. The molecule has 1 aromatic carbocycles. The number of rotatable bonds is 3. The molecule has 3 rings (SSSR count). The van der Waals surface area contributed by atoms with Crippen LogP contribution < -0.4 is 0 Å². The second-order valence-corrected chi connectivity index (χ2v) is 5.59. The molecule has 2 heterocycles. The summed E-state index contributed by atoms with van der Waals surface area (Å²) in [5, 5.41) is 4.46. The SMILES string of the molecule is Cc1cc(-c2cnn(-c3ccccc3)c2)cc(C(C)C)n1. The molecule has 106 valence electrons. The fourth-order valence-electron chi connectivity index (χ4n) is 2.35. The maximum absolute atomic E-state index is 4.60. The standard InChI is InChI=1S/C18H19N3/c1-13(2)18-10-15(9-14(3)20-18)16-11-19-21(12-16)17-7-5-4-6-8-17/h4-13H,1-3H3. The zero-order valence-electron chi connectivity index (χ0n) is 12.6. The topological polar surface area (TPSA) is 30.7 Å². The first kappa shape index (κ1) is 13.6. The second-order valence-electron chi connectivity index (χ2n) is 5.59. The van der Waals surface area contributed by atoms with Crippen molar-refractivity contribution in [3.63, 3.8) is 0 Å². The summed E-state index contributed by atoms with van der Waals surface area (Å²) in [7, 11) is 0. The molecule has 3 aromatic rings. The number of pyridine rings is 1. The lowest BCUT2D eigenvalue weighted by molar-refractivity contribution is 0.816. The summed E-state index contributed by atoms with van der Waals surface area (Å²) in [6.07, 6.45) is 3.97. The molecular formula is C18H19N3. The van der Waals surface area contributed by atoms with Crippen LogP contribution in [0.2, 0.25) is 0 Å². The number of hydrogen-bond acceptors (Lipinski definition) is 2. The van der Waals surface area contributed by atoms with Crippen molar-refractivity contribution in [3.8, 4) is 16.8 Å². The van der Waals surface area contributed by atoms with Gasteiger partial charge in [0.15, 0.2) is 0 Å². The highest BCUT2D eigenvalue weighted by Crippen LogP contribution is 2.24. The smallest absolute Gasteiger partial charge is 0.0645 e. The number of nitrogens with zero attached hydrogens (tertiary/aromatic N) is 3. The molecule has 2 aromatic heterocycles. The lowest BCUT2D eigenvalue weighted by Crippen LogP contribution is -1.95. The van der Waals surface area contributed by atoms with Crippen molar-refractivity contribution in [3.05, 3.63) is 66.2 Å². The molecule has 0 unspecified atom stereocenters. The van der Waals surface area contributed by atoms with Crippen LogP contribution in [0.4, 0.5) is 0 Å². The van der Waals surface area contributed by atoms with Gasteiger partial charge in [-0.05, 0) is 42.7 Å². The molecule has 0 spiro atoms. The normalized spacial score (nSPS) is 11.0. The van der Waals surface area contributed by atoms with E-state index in [0.717, 1.165) is 22.6 Å². The quantitative estimate of drug-likeness (QED) is 0.712. The third-order valence-electron chi connectivity index (χ3n) is 3.50. The van der Waals surface area contributed by atoms with E-state index in [1.54, 1.807) is 0 Å². The van der Waals surface area contributed by atoms with Gasteiger partial charge in [0, 0.05) is 23.1 Å². The molecule has 0 N–H and O–H groups in total. The van der Waals surface area contributed by atoms with Crippen LogP contribution in [0.15, 0.2) is 54.9 Å². The van der Waals surface area contributed by atoms with Crippen molar-refractivity contribution < 1.29 is 0 Å². The average Bonchev–Trinajstić information content (AvgIpc) is 2.97. The molecule has 0 saturated carbocycles. The first-order chi connectivity index (χ1) is 10.1. The van der Waals surface area contributed by atoms with E-state index in [1.807, 2.05) is 48.1 Å². The van der Waals surface area contributed by atoms with Crippen LogP contribution in [0.5, 0.6) is 0 Å². The highest BCUT2D eigenvalue weighted by atomic mass is 15.3. The molecule has 3 heteroatoms. The second kappa shape index (κ2) is 5.52. The van der Waals surface area contributed by atoms with Crippen LogP contribution in [0.25, 0.3) is 16.8 Å². The molecule has 0 saturated heterocycles. The molecule has 0 aliphatic carbocycles. The fourth-order valence-corrected chi connectivity index (χ4v) is 2.35. The van der Waals surface area contributed by atoms with Gasteiger partial charge in [-0.15, -0.1) is 0 Å². The van der Waals surface area contributed by atoms with Crippen LogP contribution in [0, 0.1) is 6.92 Å². The summed E-state index contributed by atoms with van der Waals surface area (Å²) in [4.78, 5) is 4.60. The van der Waals surface area contributed by atoms with Gasteiger partial charge in [0.25, 0.3) is 0 Å². The predicted octanol–water partition coefficient (Wildman–Crippen LogP) is 4.37. The third-order valence-corrected chi connectivity index (χ3v) is 3.50. The van der Waals surface area contributed by atoms with Crippen LogP contribution in [0.1, 0.15) is 31.2 Å². The molecule has 21 heavy (non-hydrogen) atoms. The van der Waals surface area contributed by atoms with Gasteiger partial charge in [-0.1, -0.05) is 32.0 Å². The van der Waals surface area contributed by atoms with Crippen LogP contribution in [0.3, 0.4) is 0 Å². The van der Waals surface area contributed by atoms with Crippen molar-refractivity contribution >= 4 is 0 Å². The Labute approximate surface area is 125 Å². The Morgan fingerprint density at radius 1 is 1.00 bits per heavy atom. The summed E-state index contributed by atoms with van der Waals surface area (Å²) in [6, 6.07) is 14.4. The lowest BCUT2D eigenvalue weighted by atomic mass is 10.0. The summed E-state index contributed by atoms with van der Waals surface area (Å²) in [5.74, 6) is 0.424. The monoisotopic (exact) mass is 277 g/mol. The van der Waals surface area contributed by atoms with E-state index in [2.05, 4.69) is 42.3 Å². The van der Waals surface area contributed by atoms with Crippen molar-refractivity contribution in [2.75, 3.05) is 0 Å². The molecular weight excluding hydrogens is 258 g/mol. The van der Waals surface area contributed by atoms with Gasteiger partial charge in [0.05, 0.1) is 11.9 Å². The number of hydrogen-bond donors (Lipinski definition) is 0. The van der Waals surface area contributed by atoms with E-state index in [4.69, 9.17) is 0 Å². The molecule has 0 fully saturated rings. The largest absolute Gasteiger partial charge is 0.258 e. The minimum Gasteiger partial charge on any atom is -0.258 e. The highest BCUT2D eigenvalue weighted by molar-refractivity contribution is 5.63. The van der Waals surface area contributed by atoms with E-state index in [0.29, 0.717) is 5.92 Å². The van der Waals surface area contributed by atoms with Crippen LogP contribution in [-0.2, 0) is 0 Å². The number of aromatic nitrogens is 3. The minimum atomic E-state index is 0.424. The van der Waals surface area contributed by atoms with E-state index in [1.165, 1.54) is 5.56 Å². The van der Waals surface area contributed by atoms with Crippen molar-refractivity contribution in [2.45, 2.75) is 26.7 Å². The van der Waals surface area contributed by atoms with Crippen molar-refractivity contribution in [1.82, 2.24) is 14.8 Å². The van der Waals surface area contributed by atoms with Gasteiger partial charge in [-0.3, -0.25) is 4.98 Å². The Morgan fingerprint density at radius 3 is 2.48 bits per heavy atom. The van der Waals surface area contributed by atoms with Crippen LogP contribution in [-0.4, -0.2) is 14.8 Å². The molecule has 0 amide bonds. The van der Waals surface area contributed by atoms with Gasteiger partial charge in [0.2, 0.25) is 0 Å². The summed E-state index contributed by atoms with van der Waals surface area (Å²) >= 11 is 0. The Kier molecular flexibility index (Phi) is 3.57. The van der Waals surface area contributed by atoms with E-state index in [9.17, 15) is 0 Å². The van der Waals surface area contributed by atoms with Gasteiger partial charge in [0.1, 0.15) is 0 Å². The number of para-hydroxylation sites is 1. The Balaban J connectivity index is 2.00. The van der Waals surface area contributed by atoms with Gasteiger partial charge < -0.3 is 0 Å². The molecule has 0 radical (unpaired) electrons. The first-order valence-electron chi connectivity index (χ1n) is 7.22. The van der Waals surface area contributed by atoms with E-state index < -0.39 is 0 Å².